The van der Waals surface area contributed by atoms with E-state index in [0.717, 1.165) is 0 Å². The highest BCUT2D eigenvalue weighted by Gasteiger charge is 2.28. The van der Waals surface area contributed by atoms with Crippen molar-refractivity contribution in [1.29, 1.82) is 0 Å². The Morgan fingerprint density at radius 2 is 2.50 bits per heavy atom. The molecule has 0 aliphatic heterocycles. The summed E-state index contributed by atoms with van der Waals surface area (Å²) in [6, 6.07) is 0. The van der Waals surface area contributed by atoms with Crippen LogP contribution in [0.25, 0.3) is 0 Å². The topological polar surface area (TPSA) is 76.2 Å². The highest BCUT2D eigenvalue weighted by Crippen LogP contribution is 2.23. The normalized spacial score (nSPS) is 15.9. The molecule has 0 saturated heterocycles. The molecule has 1 aromatic heterocycles. The number of nitrogens with two attached hydrogens (primary N) is 1. The van der Waals surface area contributed by atoms with Crippen LogP contribution in [0.15, 0.2) is 10.4 Å². The maximum Gasteiger partial charge on any atom is 0.264 e. The Morgan fingerprint density at radius 1 is 1.83 bits per heavy atom. The third-order valence-electron chi connectivity index (χ3n) is 1.41. The molecule has 4 nitrogen and oxygen atoms in total. The zero-order valence-corrected chi connectivity index (χ0v) is 8.32. The van der Waals surface area contributed by atoms with Gasteiger partial charge in [0.2, 0.25) is 0 Å². The third-order valence-corrected chi connectivity index (χ3v) is 4.77. The molecule has 0 saturated carbocycles. The van der Waals surface area contributed by atoms with Gasteiger partial charge >= 0.3 is 0 Å². The van der Waals surface area contributed by atoms with Crippen molar-refractivity contribution in [3.8, 4) is 0 Å². The number of aromatic nitrogens is 1. The molecule has 0 aliphatic rings. The Bertz CT molecular complexity index is 310. The predicted molar refractivity (Wildman–Crippen MR) is 49.5 cm³/mol. The zero-order chi connectivity index (χ0) is 9.19. The first-order valence-electron chi connectivity index (χ1n) is 3.49. The maximum atomic E-state index is 11.4. The van der Waals surface area contributed by atoms with Crippen LogP contribution in [-0.4, -0.2) is 15.3 Å². The van der Waals surface area contributed by atoms with Gasteiger partial charge in [-0.15, -0.1) is 0 Å². The molecule has 0 radical (unpaired) electrons. The maximum absolute atomic E-state index is 11.4. The number of hydrogen-bond donors (Lipinski definition) is 2. The van der Waals surface area contributed by atoms with Crippen LogP contribution in [0.1, 0.15) is 11.9 Å². The average molecular weight is 207 g/mol. The lowest BCUT2D eigenvalue weighted by Crippen LogP contribution is -2.10. The van der Waals surface area contributed by atoms with E-state index in [0.29, 0.717) is 15.8 Å². The molecule has 0 spiro atoms. The summed E-state index contributed by atoms with van der Waals surface area (Å²) in [6.45, 7) is 1.99. The summed E-state index contributed by atoms with van der Waals surface area (Å²) in [6.07, 6.45) is 1.43. The number of thiazole rings is 1. The average Bonchev–Trinajstić information content (AvgIpc) is 2.52. The van der Waals surface area contributed by atoms with Crippen LogP contribution in [0.2, 0.25) is 0 Å². The van der Waals surface area contributed by atoms with E-state index in [1.807, 2.05) is 0 Å². The number of nitrogens with zero attached hydrogens (tertiary/aromatic N) is 1. The standard InChI is InChI=1S/C6H10N2O2S2/c1-2-12(9,10)6-4-8-5(3-7)11-6/h4H,2-3,7H2,1H3/p+1. The smallest absolute Gasteiger partial charge is 0.264 e. The number of rotatable bonds is 3. The third kappa shape index (κ3) is 1.89. The highest BCUT2D eigenvalue weighted by molar-refractivity contribution is 7.99. The minimum atomic E-state index is -2.84. The van der Waals surface area contributed by atoms with Crippen LogP contribution in [0.5, 0.6) is 0 Å². The molecule has 0 aliphatic carbocycles. The van der Waals surface area contributed by atoms with Crippen molar-refractivity contribution in [2.24, 2.45) is 5.73 Å². The van der Waals surface area contributed by atoms with Crippen LogP contribution in [0.4, 0.5) is 0 Å². The van der Waals surface area contributed by atoms with Gasteiger partial charge in [0, 0.05) is 6.54 Å². The first-order chi connectivity index (χ1) is 5.60. The molecular weight excluding hydrogens is 196 g/mol. The molecule has 1 rings (SSSR count). The van der Waals surface area contributed by atoms with Gasteiger partial charge in [0.25, 0.3) is 14.4 Å². The molecule has 3 N–H and O–H groups in total. The molecule has 1 aromatic rings. The van der Waals surface area contributed by atoms with Crippen molar-refractivity contribution in [2.75, 3.05) is 5.75 Å². The summed E-state index contributed by atoms with van der Waals surface area (Å²) >= 11 is 1.20. The van der Waals surface area contributed by atoms with Crippen LogP contribution in [0, 0.1) is 0 Å². The summed E-state index contributed by atoms with van der Waals surface area (Å²) in [5.41, 5.74) is 5.32. The van der Waals surface area contributed by atoms with E-state index < -0.39 is 10.2 Å². The minimum Gasteiger partial charge on any atom is -0.325 e. The highest BCUT2D eigenvalue weighted by atomic mass is 32.3. The van der Waals surface area contributed by atoms with Crippen molar-refractivity contribution in [3.63, 3.8) is 0 Å². The van der Waals surface area contributed by atoms with Gasteiger partial charge in [-0.05, 0) is 6.92 Å². The molecule has 1 atom stereocenters. The molecule has 68 valence electrons. The molecule has 1 unspecified atom stereocenters. The summed E-state index contributed by atoms with van der Waals surface area (Å²) in [4.78, 5) is 3.90. The molecule has 6 heteroatoms. The summed E-state index contributed by atoms with van der Waals surface area (Å²) in [7, 11) is -2.84. The van der Waals surface area contributed by atoms with Crippen LogP contribution in [-0.2, 0) is 21.0 Å². The lowest BCUT2D eigenvalue weighted by atomic mass is 10.7. The molecule has 0 fully saturated rings. The van der Waals surface area contributed by atoms with E-state index >= 15 is 0 Å². The Balaban J connectivity index is 2.96. The molecule has 0 bridgehead atoms. The van der Waals surface area contributed by atoms with Crippen molar-refractivity contribution in [1.82, 2.24) is 4.98 Å². The molecule has 0 aromatic carbocycles. The van der Waals surface area contributed by atoms with Gasteiger partial charge in [0.05, 0.1) is 6.20 Å². The summed E-state index contributed by atoms with van der Waals surface area (Å²) in [5.74, 6) is 0.221. The van der Waals surface area contributed by atoms with Crippen LogP contribution < -0.4 is 5.73 Å². The van der Waals surface area contributed by atoms with E-state index in [1.54, 1.807) is 6.92 Å². The van der Waals surface area contributed by atoms with E-state index in [-0.39, 0.29) is 5.75 Å². The van der Waals surface area contributed by atoms with E-state index in [2.05, 4.69) is 4.98 Å². The second-order valence-corrected chi connectivity index (χ2v) is 5.88. The van der Waals surface area contributed by atoms with Gasteiger partial charge in [-0.25, -0.2) is 4.98 Å². The Labute approximate surface area is 76.1 Å². The summed E-state index contributed by atoms with van der Waals surface area (Å²) in [5, 5.41) is 0.695. The van der Waals surface area contributed by atoms with E-state index in [9.17, 15) is 8.76 Å². The molecular formula is C6H11N2O2S2+. The van der Waals surface area contributed by atoms with Crippen LogP contribution in [0.3, 0.4) is 0 Å². The Kier molecular flexibility index (Phi) is 2.94. The van der Waals surface area contributed by atoms with Gasteiger partial charge in [0.15, 0.2) is 0 Å². The van der Waals surface area contributed by atoms with Gasteiger partial charge in [-0.2, -0.15) is 4.55 Å². The Morgan fingerprint density at radius 3 is 2.92 bits per heavy atom. The van der Waals surface area contributed by atoms with Gasteiger partial charge in [-0.1, -0.05) is 15.5 Å². The van der Waals surface area contributed by atoms with Crippen molar-refractivity contribution >= 4 is 21.6 Å². The van der Waals surface area contributed by atoms with E-state index in [4.69, 9.17) is 5.73 Å². The predicted octanol–water partition coefficient (Wildman–Crippen LogP) is 0.953. The first-order valence-corrected chi connectivity index (χ1v) is 5.99. The largest absolute Gasteiger partial charge is 0.325 e. The van der Waals surface area contributed by atoms with Gasteiger partial charge < -0.3 is 5.73 Å². The minimum absolute atomic E-state index is 0.221. The SMILES string of the molecule is CC[S+](=O)(O)c1cnc(CN)s1. The first kappa shape index (κ1) is 9.79. The fourth-order valence-corrected chi connectivity index (χ4v) is 2.87. The lowest BCUT2D eigenvalue weighted by Gasteiger charge is -1.94. The fraction of sp³-hybridized carbons (Fsp3) is 0.500. The lowest BCUT2D eigenvalue weighted by molar-refractivity contribution is 0.500. The quantitative estimate of drug-likeness (QED) is 0.724. The second kappa shape index (κ2) is 3.61. The van der Waals surface area contributed by atoms with Gasteiger partial charge in [-0.3, -0.25) is 0 Å². The van der Waals surface area contributed by atoms with Gasteiger partial charge in [0.1, 0.15) is 10.8 Å². The fourth-order valence-electron chi connectivity index (χ4n) is 0.678. The molecule has 12 heavy (non-hydrogen) atoms. The Hall–Kier alpha value is -0.300. The van der Waals surface area contributed by atoms with Crippen molar-refractivity contribution < 1.29 is 8.76 Å². The number of hydrogen-bond acceptors (Lipinski definition) is 4. The second-order valence-electron chi connectivity index (χ2n) is 2.21. The van der Waals surface area contributed by atoms with Crippen LogP contribution >= 0.6 is 11.3 Å². The molecule has 1 heterocycles. The van der Waals surface area contributed by atoms with E-state index in [1.165, 1.54) is 17.5 Å². The monoisotopic (exact) mass is 207 g/mol. The van der Waals surface area contributed by atoms with Crippen molar-refractivity contribution in [3.05, 3.63) is 11.2 Å². The van der Waals surface area contributed by atoms with Crippen molar-refractivity contribution in [2.45, 2.75) is 17.7 Å². The summed E-state index contributed by atoms with van der Waals surface area (Å²) < 4.78 is 21.2. The zero-order valence-electron chi connectivity index (χ0n) is 6.69. The molecule has 0 amide bonds.